The maximum atomic E-state index is 13.3. The zero-order chi connectivity index (χ0) is 23.0. The van der Waals surface area contributed by atoms with Crippen molar-refractivity contribution in [2.45, 2.75) is 45.7 Å². The fraction of sp³-hybridized carbons (Fsp3) is 0.250. The van der Waals surface area contributed by atoms with Gasteiger partial charge < -0.3 is 0 Å². The van der Waals surface area contributed by atoms with Crippen LogP contribution in [0.4, 0.5) is 0 Å². The van der Waals surface area contributed by atoms with Gasteiger partial charge in [0.2, 0.25) is 11.1 Å². The van der Waals surface area contributed by atoms with Gasteiger partial charge in [-0.05, 0) is 67.1 Å². The van der Waals surface area contributed by atoms with Crippen molar-refractivity contribution in [2.24, 2.45) is 0 Å². The topological polar surface area (TPSA) is 68.1 Å². The van der Waals surface area contributed by atoms with Crippen LogP contribution < -0.4 is 5.01 Å². The molecule has 1 aliphatic rings. The van der Waals surface area contributed by atoms with Crippen LogP contribution in [-0.2, 0) is 9.59 Å². The monoisotopic (exact) mass is 466 g/mol. The third kappa shape index (κ3) is 3.87. The van der Waals surface area contributed by atoms with Gasteiger partial charge in [-0.1, -0.05) is 37.6 Å². The van der Waals surface area contributed by atoms with Crippen LogP contribution in [0.3, 0.4) is 0 Å². The van der Waals surface area contributed by atoms with Crippen molar-refractivity contribution in [3.63, 3.8) is 0 Å². The van der Waals surface area contributed by atoms with E-state index in [4.69, 9.17) is 11.6 Å². The molecular weight excluding hydrogens is 444 g/mol. The van der Waals surface area contributed by atoms with Crippen molar-refractivity contribution in [3.05, 3.63) is 69.1 Å². The highest BCUT2D eigenvalue weighted by Gasteiger charge is 2.36. The molecule has 6 nitrogen and oxygen atoms in total. The number of carbonyl (C=O) groups is 2. The number of halogens is 1. The zero-order valence-electron chi connectivity index (χ0n) is 18.3. The van der Waals surface area contributed by atoms with Crippen molar-refractivity contribution in [2.75, 3.05) is 5.01 Å². The summed E-state index contributed by atoms with van der Waals surface area (Å²) in [5.74, 6) is 0.311. The molecule has 0 fully saturated rings. The molecule has 0 bridgehead atoms. The first-order valence-electron chi connectivity index (χ1n) is 10.4. The highest BCUT2D eigenvalue weighted by atomic mass is 35.5. The standard InChI is InChI=1S/C24H23ClN4O2S/c1-5-19(30)22-21(17-8-7-14(3)15(4)13-17)28(20(31)6-2)29-23(26-27-24(29)32-22)16-9-11-18(25)12-10-16/h7-13H,5-6H2,1-4H3. The molecule has 0 saturated heterocycles. The Labute approximate surface area is 196 Å². The number of nitrogens with zero attached hydrogens (tertiary/aromatic N) is 4. The molecule has 0 radical (unpaired) electrons. The minimum Gasteiger partial charge on any atom is -0.294 e. The molecule has 3 aromatic rings. The number of Topliss-reactive ketones (excluding diaryl/α,β-unsaturated/α-hetero) is 1. The molecular formula is C24H23ClN4O2S. The van der Waals surface area contributed by atoms with Gasteiger partial charge >= 0.3 is 0 Å². The van der Waals surface area contributed by atoms with E-state index in [1.807, 2.05) is 51.1 Å². The van der Waals surface area contributed by atoms with Crippen LogP contribution in [0.2, 0.25) is 5.02 Å². The number of amides is 1. The van der Waals surface area contributed by atoms with Gasteiger partial charge in [0.15, 0.2) is 11.6 Å². The van der Waals surface area contributed by atoms with Gasteiger partial charge in [0.05, 0.1) is 10.6 Å². The first kappa shape index (κ1) is 22.3. The van der Waals surface area contributed by atoms with Crippen LogP contribution in [0.1, 0.15) is 43.4 Å². The summed E-state index contributed by atoms with van der Waals surface area (Å²) in [6.45, 7) is 7.67. The minimum atomic E-state index is -0.156. The van der Waals surface area contributed by atoms with Crippen LogP contribution in [0.5, 0.6) is 0 Å². The predicted molar refractivity (Wildman–Crippen MR) is 128 cm³/mol. The summed E-state index contributed by atoms with van der Waals surface area (Å²) in [6, 6.07) is 13.2. The number of thioether (sulfide) groups is 1. The Morgan fingerprint density at radius 3 is 2.25 bits per heavy atom. The molecule has 2 heterocycles. The zero-order valence-corrected chi connectivity index (χ0v) is 19.9. The number of rotatable bonds is 5. The molecule has 0 aliphatic carbocycles. The summed E-state index contributed by atoms with van der Waals surface area (Å²) < 4.78 is 1.71. The number of allylic oxidation sites excluding steroid dienone is 1. The normalized spacial score (nSPS) is 13.3. The summed E-state index contributed by atoms with van der Waals surface area (Å²) >= 11 is 7.31. The lowest BCUT2D eigenvalue weighted by Crippen LogP contribution is -2.42. The number of hydrogen-bond donors (Lipinski definition) is 0. The minimum absolute atomic E-state index is 0.0422. The lowest BCUT2D eigenvalue weighted by atomic mass is 10.0. The van der Waals surface area contributed by atoms with Crippen molar-refractivity contribution in [3.8, 4) is 11.4 Å². The number of aromatic nitrogens is 3. The molecule has 1 aliphatic heterocycles. The van der Waals surface area contributed by atoms with Crippen molar-refractivity contribution < 1.29 is 9.59 Å². The summed E-state index contributed by atoms with van der Waals surface area (Å²) in [5.41, 5.74) is 4.37. The van der Waals surface area contributed by atoms with E-state index in [0.717, 1.165) is 22.3 Å². The second-order valence-corrected chi connectivity index (χ2v) is 8.95. The lowest BCUT2D eigenvalue weighted by molar-refractivity contribution is -0.118. The van der Waals surface area contributed by atoms with E-state index in [-0.39, 0.29) is 18.1 Å². The molecule has 8 heteroatoms. The Morgan fingerprint density at radius 1 is 0.938 bits per heavy atom. The van der Waals surface area contributed by atoms with Crippen LogP contribution >= 0.6 is 23.4 Å². The van der Waals surface area contributed by atoms with Crippen molar-refractivity contribution >= 4 is 40.8 Å². The number of fused-ring (bicyclic) bond motifs is 1. The first-order valence-corrected chi connectivity index (χ1v) is 11.6. The van der Waals surface area contributed by atoms with E-state index in [0.29, 0.717) is 33.0 Å². The average molecular weight is 467 g/mol. The van der Waals surface area contributed by atoms with E-state index in [1.54, 1.807) is 28.7 Å². The average Bonchev–Trinajstić information content (AvgIpc) is 3.22. The lowest BCUT2D eigenvalue weighted by Gasteiger charge is -2.33. The Kier molecular flexibility index (Phi) is 6.22. The summed E-state index contributed by atoms with van der Waals surface area (Å²) in [6.07, 6.45) is 0.577. The highest BCUT2D eigenvalue weighted by Crippen LogP contribution is 2.42. The van der Waals surface area contributed by atoms with Gasteiger partial charge in [-0.2, -0.15) is 4.68 Å². The number of benzene rings is 2. The van der Waals surface area contributed by atoms with E-state index in [2.05, 4.69) is 10.2 Å². The molecule has 0 unspecified atom stereocenters. The van der Waals surface area contributed by atoms with Gasteiger partial charge in [-0.3, -0.25) is 9.59 Å². The largest absolute Gasteiger partial charge is 0.294 e. The summed E-state index contributed by atoms with van der Waals surface area (Å²) in [5, 5.41) is 11.3. The molecule has 164 valence electrons. The maximum Gasteiger partial charge on any atom is 0.246 e. The van der Waals surface area contributed by atoms with Crippen LogP contribution in [0, 0.1) is 13.8 Å². The Morgan fingerprint density at radius 2 is 1.62 bits per heavy atom. The van der Waals surface area contributed by atoms with Gasteiger partial charge in [0.1, 0.15) is 0 Å². The molecule has 1 aromatic heterocycles. The fourth-order valence-corrected chi connectivity index (χ4v) is 4.71. The van der Waals surface area contributed by atoms with Crippen molar-refractivity contribution in [1.82, 2.24) is 14.9 Å². The number of hydrogen-bond acceptors (Lipinski definition) is 5. The predicted octanol–water partition coefficient (Wildman–Crippen LogP) is 5.54. The SMILES string of the molecule is CCC(=O)C1=C(c2ccc(C)c(C)c2)N(C(=O)CC)n2c(nnc2-c2ccc(Cl)cc2)S1. The molecule has 4 rings (SSSR count). The van der Waals surface area contributed by atoms with Crippen LogP contribution in [-0.4, -0.2) is 26.6 Å². The molecule has 0 N–H and O–H groups in total. The third-order valence-electron chi connectivity index (χ3n) is 5.43. The Balaban J connectivity index is 1.99. The molecule has 0 atom stereocenters. The van der Waals surface area contributed by atoms with Crippen LogP contribution in [0.25, 0.3) is 17.1 Å². The maximum absolute atomic E-state index is 13.3. The van der Waals surface area contributed by atoms with Gasteiger partial charge in [-0.25, -0.2) is 5.01 Å². The Bertz CT molecular complexity index is 1250. The Hall–Kier alpha value is -2.90. The van der Waals surface area contributed by atoms with Crippen LogP contribution in [0.15, 0.2) is 52.5 Å². The quantitative estimate of drug-likeness (QED) is 0.493. The first-order chi connectivity index (χ1) is 15.3. The van der Waals surface area contributed by atoms with E-state index >= 15 is 0 Å². The highest BCUT2D eigenvalue weighted by molar-refractivity contribution is 8.04. The van der Waals surface area contributed by atoms with Gasteiger partial charge in [0, 0.05) is 29.0 Å². The number of ketones is 1. The van der Waals surface area contributed by atoms with Crippen molar-refractivity contribution in [1.29, 1.82) is 0 Å². The molecule has 1 amide bonds. The van der Waals surface area contributed by atoms with Gasteiger partial charge in [0.25, 0.3) is 0 Å². The molecule has 0 spiro atoms. The van der Waals surface area contributed by atoms with E-state index < -0.39 is 0 Å². The second-order valence-electron chi connectivity index (χ2n) is 7.54. The fourth-order valence-electron chi connectivity index (χ4n) is 3.50. The molecule has 2 aromatic carbocycles. The molecule has 32 heavy (non-hydrogen) atoms. The smallest absolute Gasteiger partial charge is 0.246 e. The second kappa shape index (κ2) is 8.92. The summed E-state index contributed by atoms with van der Waals surface area (Å²) in [7, 11) is 0. The summed E-state index contributed by atoms with van der Waals surface area (Å²) in [4.78, 5) is 26.8. The third-order valence-corrected chi connectivity index (χ3v) is 6.74. The number of carbonyl (C=O) groups excluding carboxylic acids is 2. The van der Waals surface area contributed by atoms with E-state index in [9.17, 15) is 9.59 Å². The molecule has 0 saturated carbocycles. The van der Waals surface area contributed by atoms with Gasteiger partial charge in [-0.15, -0.1) is 10.2 Å². The number of aryl methyl sites for hydroxylation is 2. The van der Waals surface area contributed by atoms with E-state index in [1.165, 1.54) is 11.8 Å².